The van der Waals surface area contributed by atoms with Gasteiger partial charge in [-0.05, 0) is 39.0 Å². The molecule has 1 aromatic carbocycles. The van der Waals surface area contributed by atoms with Crippen molar-refractivity contribution < 1.29 is 0 Å². The van der Waals surface area contributed by atoms with Crippen LogP contribution in [0.3, 0.4) is 0 Å². The predicted octanol–water partition coefficient (Wildman–Crippen LogP) is 4.54. The summed E-state index contributed by atoms with van der Waals surface area (Å²) < 4.78 is 1.78. The van der Waals surface area contributed by atoms with E-state index in [0.29, 0.717) is 10.9 Å². The molecule has 0 bridgehead atoms. The summed E-state index contributed by atoms with van der Waals surface area (Å²) >= 11 is 3.17. The number of aromatic nitrogens is 5. The third-order valence-electron chi connectivity index (χ3n) is 3.80. The molecule has 132 valence electrons. The van der Waals surface area contributed by atoms with Crippen molar-refractivity contribution in [3.8, 4) is 0 Å². The van der Waals surface area contributed by atoms with Gasteiger partial charge in [0.05, 0.1) is 5.69 Å². The zero-order valence-corrected chi connectivity index (χ0v) is 16.4. The van der Waals surface area contributed by atoms with Crippen molar-refractivity contribution in [2.45, 2.75) is 31.7 Å². The lowest BCUT2D eigenvalue weighted by atomic mass is 10.2. The van der Waals surface area contributed by atoms with Crippen molar-refractivity contribution in [1.29, 1.82) is 0 Å². The Balaban J connectivity index is 1.43. The molecule has 0 saturated heterocycles. The van der Waals surface area contributed by atoms with Crippen LogP contribution in [0.1, 0.15) is 22.6 Å². The lowest BCUT2D eigenvalue weighted by Crippen LogP contribution is -1.97. The monoisotopic (exact) mass is 382 g/mol. The van der Waals surface area contributed by atoms with Crippen LogP contribution in [0, 0.1) is 20.8 Å². The quantitative estimate of drug-likeness (QED) is 0.511. The third-order valence-corrected chi connectivity index (χ3v) is 5.48. The molecule has 0 saturated carbocycles. The summed E-state index contributed by atoms with van der Waals surface area (Å²) in [5.41, 5.74) is 5.28. The minimum Gasteiger partial charge on any atom is -0.332 e. The van der Waals surface area contributed by atoms with Gasteiger partial charge in [0, 0.05) is 28.2 Å². The molecule has 0 spiro atoms. The second-order valence-corrected chi connectivity index (χ2v) is 7.87. The second-order valence-electron chi connectivity index (χ2n) is 6.07. The summed E-state index contributed by atoms with van der Waals surface area (Å²) in [6.07, 6.45) is 0. The van der Waals surface area contributed by atoms with E-state index in [2.05, 4.69) is 61.9 Å². The van der Waals surface area contributed by atoms with Crippen LogP contribution in [0.15, 0.2) is 40.9 Å². The molecule has 0 aliphatic heterocycles. The van der Waals surface area contributed by atoms with Gasteiger partial charge in [-0.25, -0.2) is 14.5 Å². The summed E-state index contributed by atoms with van der Waals surface area (Å²) in [4.78, 5) is 13.6. The first kappa shape index (κ1) is 17.0. The Morgan fingerprint density at radius 1 is 1.08 bits per heavy atom. The first-order valence-corrected chi connectivity index (χ1v) is 10.1. The van der Waals surface area contributed by atoms with E-state index in [0.717, 1.165) is 33.7 Å². The van der Waals surface area contributed by atoms with Crippen molar-refractivity contribution >= 4 is 39.7 Å². The highest BCUT2D eigenvalue weighted by atomic mass is 32.2. The summed E-state index contributed by atoms with van der Waals surface area (Å²) in [7, 11) is 0. The zero-order chi connectivity index (χ0) is 18.1. The number of thiazole rings is 1. The van der Waals surface area contributed by atoms with Gasteiger partial charge in [-0.3, -0.25) is 0 Å². The molecular formula is C18H18N6S2. The number of benzene rings is 1. The van der Waals surface area contributed by atoms with E-state index in [-0.39, 0.29) is 0 Å². The van der Waals surface area contributed by atoms with Gasteiger partial charge >= 0.3 is 0 Å². The normalized spacial score (nSPS) is 11.2. The number of nitrogens with one attached hydrogen (secondary N) is 1. The molecule has 6 nitrogen and oxygen atoms in total. The van der Waals surface area contributed by atoms with Gasteiger partial charge in [0.1, 0.15) is 0 Å². The highest BCUT2D eigenvalue weighted by molar-refractivity contribution is 7.98. The SMILES string of the molecule is Cc1ccc(Nc2nc(CSc3nc4nc(C)cc(C)n4n3)cs2)cc1. The Morgan fingerprint density at radius 2 is 1.88 bits per heavy atom. The number of hydrogen-bond acceptors (Lipinski definition) is 7. The number of fused-ring (bicyclic) bond motifs is 1. The van der Waals surface area contributed by atoms with Gasteiger partial charge in [0.15, 0.2) is 5.13 Å². The maximum Gasteiger partial charge on any atom is 0.253 e. The lowest BCUT2D eigenvalue weighted by molar-refractivity contribution is 0.843. The second kappa shape index (κ2) is 7.05. The number of hydrogen-bond donors (Lipinski definition) is 1. The van der Waals surface area contributed by atoms with Gasteiger partial charge < -0.3 is 5.32 Å². The fourth-order valence-electron chi connectivity index (χ4n) is 2.54. The van der Waals surface area contributed by atoms with Crippen LogP contribution in [0.2, 0.25) is 0 Å². The molecule has 0 unspecified atom stereocenters. The zero-order valence-electron chi connectivity index (χ0n) is 14.7. The Kier molecular flexibility index (Phi) is 4.60. The van der Waals surface area contributed by atoms with E-state index in [4.69, 9.17) is 0 Å². The Bertz CT molecular complexity index is 1050. The number of nitrogens with zero attached hydrogens (tertiary/aromatic N) is 5. The molecule has 0 fully saturated rings. The average Bonchev–Trinajstić information content (AvgIpc) is 3.22. The highest BCUT2D eigenvalue weighted by Crippen LogP contribution is 2.25. The predicted molar refractivity (Wildman–Crippen MR) is 106 cm³/mol. The maximum absolute atomic E-state index is 4.64. The average molecular weight is 383 g/mol. The minimum atomic E-state index is 0.644. The highest BCUT2D eigenvalue weighted by Gasteiger charge is 2.10. The first-order valence-electron chi connectivity index (χ1n) is 8.19. The standard InChI is InChI=1S/C18H18N6S2/c1-11-4-6-14(7-5-11)20-17-21-15(9-25-17)10-26-18-22-16-19-12(2)8-13(3)24(16)23-18/h4-9H,10H2,1-3H3,(H,20,21). The molecular weight excluding hydrogens is 364 g/mol. The van der Waals surface area contributed by atoms with Crippen molar-refractivity contribution in [1.82, 2.24) is 24.6 Å². The van der Waals surface area contributed by atoms with Gasteiger partial charge in [-0.2, -0.15) is 4.98 Å². The Labute approximate surface area is 159 Å². The van der Waals surface area contributed by atoms with Crippen LogP contribution in [-0.2, 0) is 5.75 Å². The van der Waals surface area contributed by atoms with Gasteiger partial charge in [-0.1, -0.05) is 29.5 Å². The van der Waals surface area contributed by atoms with E-state index >= 15 is 0 Å². The first-order chi connectivity index (χ1) is 12.6. The molecule has 0 aliphatic carbocycles. The Hall–Kier alpha value is -2.45. The molecule has 4 rings (SSSR count). The molecule has 3 heterocycles. The van der Waals surface area contributed by atoms with Crippen molar-refractivity contribution in [3.63, 3.8) is 0 Å². The van der Waals surface area contributed by atoms with Crippen LogP contribution in [0.5, 0.6) is 0 Å². The fraction of sp³-hybridized carbons (Fsp3) is 0.222. The van der Waals surface area contributed by atoms with Crippen molar-refractivity contribution in [2.24, 2.45) is 0 Å². The van der Waals surface area contributed by atoms with E-state index in [9.17, 15) is 0 Å². The summed E-state index contributed by atoms with van der Waals surface area (Å²) in [6, 6.07) is 10.3. The van der Waals surface area contributed by atoms with Crippen LogP contribution >= 0.6 is 23.1 Å². The molecule has 0 radical (unpaired) electrons. The van der Waals surface area contributed by atoms with Gasteiger partial charge in [0.2, 0.25) is 5.16 Å². The summed E-state index contributed by atoms with van der Waals surface area (Å²) in [6.45, 7) is 6.05. The largest absolute Gasteiger partial charge is 0.332 e. The van der Waals surface area contributed by atoms with Gasteiger partial charge in [-0.15, -0.1) is 16.4 Å². The minimum absolute atomic E-state index is 0.644. The molecule has 1 N–H and O–H groups in total. The van der Waals surface area contributed by atoms with Crippen LogP contribution in [-0.4, -0.2) is 24.6 Å². The van der Waals surface area contributed by atoms with Crippen molar-refractivity contribution in [3.05, 3.63) is 58.4 Å². The maximum atomic E-state index is 4.64. The molecule has 26 heavy (non-hydrogen) atoms. The molecule has 4 aromatic rings. The fourth-order valence-corrected chi connectivity index (χ4v) is 4.09. The van der Waals surface area contributed by atoms with Crippen molar-refractivity contribution in [2.75, 3.05) is 5.32 Å². The van der Waals surface area contributed by atoms with E-state index in [1.165, 1.54) is 5.56 Å². The topological polar surface area (TPSA) is 68.0 Å². The van der Waals surface area contributed by atoms with E-state index in [1.54, 1.807) is 27.6 Å². The molecule has 0 amide bonds. The smallest absolute Gasteiger partial charge is 0.253 e. The Morgan fingerprint density at radius 3 is 2.69 bits per heavy atom. The van der Waals surface area contributed by atoms with Crippen LogP contribution < -0.4 is 5.32 Å². The molecule has 0 atom stereocenters. The molecule has 0 aliphatic rings. The number of aryl methyl sites for hydroxylation is 3. The van der Waals surface area contributed by atoms with Gasteiger partial charge in [0.25, 0.3) is 5.78 Å². The molecule has 8 heteroatoms. The summed E-state index contributed by atoms with van der Waals surface area (Å²) in [5.74, 6) is 1.37. The lowest BCUT2D eigenvalue weighted by Gasteiger charge is -2.02. The van der Waals surface area contributed by atoms with E-state index in [1.807, 2.05) is 19.9 Å². The summed E-state index contributed by atoms with van der Waals surface area (Å²) in [5, 5.41) is 11.5. The molecule has 3 aromatic heterocycles. The number of anilines is 2. The number of rotatable bonds is 5. The van der Waals surface area contributed by atoms with Crippen LogP contribution in [0.25, 0.3) is 5.78 Å². The number of thioether (sulfide) groups is 1. The third kappa shape index (κ3) is 3.71. The van der Waals surface area contributed by atoms with Crippen LogP contribution in [0.4, 0.5) is 10.8 Å². The van der Waals surface area contributed by atoms with E-state index < -0.39 is 0 Å².